The molecule has 0 spiro atoms. The zero-order valence-electron chi connectivity index (χ0n) is 10.9. The predicted octanol–water partition coefficient (Wildman–Crippen LogP) is 2.29. The quantitative estimate of drug-likeness (QED) is 0.672. The van der Waals surface area contributed by atoms with E-state index in [1.54, 1.807) is 6.07 Å². The van der Waals surface area contributed by atoms with E-state index in [2.05, 4.69) is 0 Å². The minimum absolute atomic E-state index is 0.0628. The van der Waals surface area contributed by atoms with E-state index in [0.29, 0.717) is 11.3 Å². The second-order valence-corrected chi connectivity index (χ2v) is 4.80. The molecule has 0 aromatic heterocycles. The molecule has 0 amide bonds. The Morgan fingerprint density at radius 2 is 2.00 bits per heavy atom. The van der Waals surface area contributed by atoms with Crippen LogP contribution in [0.15, 0.2) is 47.9 Å². The molecule has 0 aliphatic carbocycles. The standard InChI is InChI=1S/C15H11N3O3/c16-7-12-13(8-18(19)20)11-5-9-3-1-2-4-10(9)6-14(11)21-15(12)17/h1-6,13H,8,17H2. The van der Waals surface area contributed by atoms with Crippen LogP contribution in [-0.4, -0.2) is 11.5 Å². The molecule has 0 saturated heterocycles. The topological polar surface area (TPSA) is 102 Å². The second kappa shape index (κ2) is 4.80. The van der Waals surface area contributed by atoms with Crippen LogP contribution in [0.5, 0.6) is 5.75 Å². The van der Waals surface area contributed by atoms with Gasteiger partial charge in [-0.25, -0.2) is 0 Å². The van der Waals surface area contributed by atoms with Crippen molar-refractivity contribution in [3.63, 3.8) is 0 Å². The van der Waals surface area contributed by atoms with Crippen molar-refractivity contribution in [3.8, 4) is 11.8 Å². The molecule has 1 atom stereocenters. The van der Waals surface area contributed by atoms with Gasteiger partial charge in [0.15, 0.2) is 0 Å². The van der Waals surface area contributed by atoms with Crippen LogP contribution in [0.2, 0.25) is 0 Å². The molecule has 6 nitrogen and oxygen atoms in total. The molecule has 2 aromatic rings. The van der Waals surface area contributed by atoms with E-state index in [-0.39, 0.29) is 11.5 Å². The van der Waals surface area contributed by atoms with Crippen molar-refractivity contribution in [2.24, 2.45) is 5.73 Å². The second-order valence-electron chi connectivity index (χ2n) is 4.80. The van der Waals surface area contributed by atoms with Crippen LogP contribution in [0.4, 0.5) is 0 Å². The first kappa shape index (κ1) is 12.9. The molecule has 2 aromatic carbocycles. The fourth-order valence-corrected chi connectivity index (χ4v) is 2.57. The molecule has 6 heteroatoms. The van der Waals surface area contributed by atoms with E-state index < -0.39 is 17.4 Å². The number of rotatable bonds is 2. The fraction of sp³-hybridized carbons (Fsp3) is 0.133. The highest BCUT2D eigenvalue weighted by molar-refractivity contribution is 5.85. The first-order valence-corrected chi connectivity index (χ1v) is 6.32. The maximum absolute atomic E-state index is 10.9. The Morgan fingerprint density at radius 1 is 1.33 bits per heavy atom. The minimum atomic E-state index is -0.682. The Balaban J connectivity index is 2.22. The van der Waals surface area contributed by atoms with Gasteiger partial charge in [-0.05, 0) is 22.9 Å². The number of hydrogen-bond acceptors (Lipinski definition) is 5. The van der Waals surface area contributed by atoms with Gasteiger partial charge in [-0.2, -0.15) is 5.26 Å². The van der Waals surface area contributed by atoms with Gasteiger partial charge in [0.25, 0.3) is 0 Å². The molecule has 3 rings (SSSR count). The van der Waals surface area contributed by atoms with Gasteiger partial charge in [0.05, 0.1) is 5.92 Å². The van der Waals surface area contributed by atoms with Crippen molar-refractivity contribution in [1.82, 2.24) is 0 Å². The Morgan fingerprint density at radius 3 is 2.62 bits per heavy atom. The highest BCUT2D eigenvalue weighted by atomic mass is 16.6. The summed E-state index contributed by atoms with van der Waals surface area (Å²) in [6.45, 7) is -0.391. The van der Waals surface area contributed by atoms with E-state index in [1.165, 1.54) is 0 Å². The third-order valence-electron chi connectivity index (χ3n) is 3.54. The number of hydrogen-bond donors (Lipinski definition) is 1. The number of benzene rings is 2. The zero-order valence-corrected chi connectivity index (χ0v) is 10.9. The molecule has 104 valence electrons. The maximum atomic E-state index is 10.9. The van der Waals surface area contributed by atoms with Crippen molar-refractivity contribution in [3.05, 3.63) is 63.5 Å². The number of nitrogens with zero attached hydrogens (tertiary/aromatic N) is 2. The van der Waals surface area contributed by atoms with Crippen LogP contribution in [0.3, 0.4) is 0 Å². The van der Waals surface area contributed by atoms with Gasteiger partial charge in [0.1, 0.15) is 17.4 Å². The van der Waals surface area contributed by atoms with E-state index in [1.807, 2.05) is 36.4 Å². The molecule has 0 radical (unpaired) electrons. The van der Waals surface area contributed by atoms with Crippen molar-refractivity contribution < 1.29 is 9.66 Å². The lowest BCUT2D eigenvalue weighted by Gasteiger charge is -2.24. The SMILES string of the molecule is N#CC1=C(N)Oc2cc3ccccc3cc2C1C[N+](=O)[O-]. The van der Waals surface area contributed by atoms with Crippen LogP contribution in [0, 0.1) is 21.4 Å². The lowest BCUT2D eigenvalue weighted by molar-refractivity contribution is -0.482. The van der Waals surface area contributed by atoms with Gasteiger partial charge < -0.3 is 10.5 Å². The molecule has 0 saturated carbocycles. The fourth-order valence-electron chi connectivity index (χ4n) is 2.57. The molecule has 21 heavy (non-hydrogen) atoms. The maximum Gasteiger partial charge on any atom is 0.215 e. The highest BCUT2D eigenvalue weighted by Gasteiger charge is 2.33. The van der Waals surface area contributed by atoms with Crippen LogP contribution < -0.4 is 10.5 Å². The summed E-state index contributed by atoms with van der Waals surface area (Å²) in [5.41, 5.74) is 6.45. The molecule has 0 bridgehead atoms. The molecule has 1 aliphatic rings. The molecule has 0 fully saturated rings. The van der Waals surface area contributed by atoms with Gasteiger partial charge >= 0.3 is 0 Å². The molecule has 2 N–H and O–H groups in total. The zero-order chi connectivity index (χ0) is 15.0. The number of nitrogens with two attached hydrogens (primary N) is 1. The third-order valence-corrected chi connectivity index (χ3v) is 3.54. The summed E-state index contributed by atoms with van der Waals surface area (Å²) >= 11 is 0. The summed E-state index contributed by atoms with van der Waals surface area (Å²) in [5, 5.41) is 22.0. The molecular formula is C15H11N3O3. The van der Waals surface area contributed by atoms with Crippen molar-refractivity contribution in [2.45, 2.75) is 5.92 Å². The Labute approximate surface area is 120 Å². The van der Waals surface area contributed by atoms with E-state index in [4.69, 9.17) is 10.5 Å². The van der Waals surface area contributed by atoms with Gasteiger partial charge in [-0.1, -0.05) is 24.3 Å². The van der Waals surface area contributed by atoms with Gasteiger partial charge in [0, 0.05) is 10.5 Å². The van der Waals surface area contributed by atoms with Crippen LogP contribution >= 0.6 is 0 Å². The average Bonchev–Trinajstić information content (AvgIpc) is 2.45. The smallest absolute Gasteiger partial charge is 0.215 e. The lowest BCUT2D eigenvalue weighted by Crippen LogP contribution is -2.24. The predicted molar refractivity (Wildman–Crippen MR) is 76.0 cm³/mol. The minimum Gasteiger partial charge on any atom is -0.440 e. The Hall–Kier alpha value is -3.07. The van der Waals surface area contributed by atoms with Gasteiger partial charge in [-0.15, -0.1) is 0 Å². The van der Waals surface area contributed by atoms with E-state index in [0.717, 1.165) is 10.8 Å². The number of nitriles is 1. The summed E-state index contributed by atoms with van der Waals surface area (Å²) < 4.78 is 5.47. The lowest BCUT2D eigenvalue weighted by atomic mass is 9.88. The van der Waals surface area contributed by atoms with Crippen LogP contribution in [0.1, 0.15) is 11.5 Å². The normalized spacial score (nSPS) is 17.0. The van der Waals surface area contributed by atoms with Gasteiger partial charge in [-0.3, -0.25) is 10.1 Å². The third kappa shape index (κ3) is 2.15. The number of fused-ring (bicyclic) bond motifs is 2. The van der Waals surface area contributed by atoms with Crippen LogP contribution in [-0.2, 0) is 0 Å². The summed E-state index contributed by atoms with van der Waals surface area (Å²) in [4.78, 5) is 10.5. The first-order valence-electron chi connectivity index (χ1n) is 6.32. The summed E-state index contributed by atoms with van der Waals surface area (Å²) in [5.74, 6) is -0.275. The summed E-state index contributed by atoms with van der Waals surface area (Å²) in [7, 11) is 0. The molecule has 1 unspecified atom stereocenters. The number of ether oxygens (including phenoxy) is 1. The van der Waals surface area contributed by atoms with E-state index >= 15 is 0 Å². The highest BCUT2D eigenvalue weighted by Crippen LogP contribution is 2.40. The average molecular weight is 281 g/mol. The Bertz CT molecular complexity index is 821. The summed E-state index contributed by atoms with van der Waals surface area (Å²) in [6.07, 6.45) is 0. The summed E-state index contributed by atoms with van der Waals surface area (Å²) in [6, 6.07) is 13.1. The van der Waals surface area contributed by atoms with E-state index in [9.17, 15) is 15.4 Å². The van der Waals surface area contributed by atoms with Crippen LogP contribution in [0.25, 0.3) is 10.8 Å². The van der Waals surface area contributed by atoms with Crippen molar-refractivity contribution in [2.75, 3.05) is 6.54 Å². The van der Waals surface area contributed by atoms with Crippen molar-refractivity contribution in [1.29, 1.82) is 5.26 Å². The molecule has 1 aliphatic heterocycles. The van der Waals surface area contributed by atoms with Gasteiger partial charge in [0.2, 0.25) is 12.4 Å². The molecule has 1 heterocycles. The largest absolute Gasteiger partial charge is 0.440 e. The first-order chi connectivity index (χ1) is 10.1. The monoisotopic (exact) mass is 281 g/mol. The Kier molecular flexibility index (Phi) is 2.95. The molecular weight excluding hydrogens is 270 g/mol. The number of nitro groups is 1. The van der Waals surface area contributed by atoms with Crippen molar-refractivity contribution >= 4 is 10.8 Å².